The fourth-order valence-electron chi connectivity index (χ4n) is 2.62. The Labute approximate surface area is 124 Å². The van der Waals surface area contributed by atoms with Gasteiger partial charge in [-0.1, -0.05) is 6.07 Å². The van der Waals surface area contributed by atoms with Crippen LogP contribution in [0.15, 0.2) is 41.2 Å². The number of nitrogens with zero attached hydrogens (tertiary/aromatic N) is 2. The summed E-state index contributed by atoms with van der Waals surface area (Å²) in [6.07, 6.45) is 4.54. The zero-order valence-corrected chi connectivity index (χ0v) is 12.4. The molecule has 1 fully saturated rings. The Bertz CT molecular complexity index is 500. The van der Waals surface area contributed by atoms with Crippen LogP contribution in [0, 0.1) is 0 Å². The normalized spacial score (nSPS) is 20.1. The first kappa shape index (κ1) is 13.7. The summed E-state index contributed by atoms with van der Waals surface area (Å²) in [6, 6.07) is 8.18. The molecule has 1 aliphatic rings. The van der Waals surface area contributed by atoms with Gasteiger partial charge in [0.25, 0.3) is 0 Å². The van der Waals surface area contributed by atoms with E-state index in [1.807, 2.05) is 24.4 Å². The van der Waals surface area contributed by atoms with Gasteiger partial charge in [-0.25, -0.2) is 0 Å². The minimum atomic E-state index is 0.337. The fourth-order valence-corrected chi connectivity index (χ4v) is 3.28. The predicted molar refractivity (Wildman–Crippen MR) is 81.6 cm³/mol. The number of ether oxygens (including phenoxy) is 1. The molecular formula is C16H20N2OS. The van der Waals surface area contributed by atoms with Gasteiger partial charge in [0.1, 0.15) is 0 Å². The van der Waals surface area contributed by atoms with Gasteiger partial charge in [0.15, 0.2) is 0 Å². The van der Waals surface area contributed by atoms with E-state index < -0.39 is 0 Å². The molecule has 0 aliphatic carbocycles. The van der Waals surface area contributed by atoms with Gasteiger partial charge in [-0.05, 0) is 53.9 Å². The lowest BCUT2D eigenvalue weighted by Crippen LogP contribution is -2.39. The minimum absolute atomic E-state index is 0.337. The second kappa shape index (κ2) is 6.97. The standard InChI is InChI=1S/C16H20N2OS/c1-2-7-17-15(4-1)12-19-16-5-3-8-18(11-16)10-14-6-9-20-13-14/h1-2,4,6-7,9,13,16H,3,5,8,10-12H2/t16-/m1/s1. The number of rotatable bonds is 5. The highest BCUT2D eigenvalue weighted by atomic mass is 32.1. The van der Waals surface area contributed by atoms with E-state index in [4.69, 9.17) is 4.74 Å². The number of hydrogen-bond acceptors (Lipinski definition) is 4. The number of hydrogen-bond donors (Lipinski definition) is 0. The third kappa shape index (κ3) is 3.88. The zero-order chi connectivity index (χ0) is 13.6. The largest absolute Gasteiger partial charge is 0.371 e. The van der Waals surface area contributed by atoms with Crippen LogP contribution in [0.4, 0.5) is 0 Å². The Balaban J connectivity index is 1.48. The second-order valence-electron chi connectivity index (χ2n) is 5.26. The smallest absolute Gasteiger partial charge is 0.0892 e. The van der Waals surface area contributed by atoms with E-state index in [9.17, 15) is 0 Å². The van der Waals surface area contributed by atoms with E-state index in [1.54, 1.807) is 11.3 Å². The number of likely N-dealkylation sites (tertiary alicyclic amines) is 1. The monoisotopic (exact) mass is 288 g/mol. The summed E-state index contributed by atoms with van der Waals surface area (Å²) in [5.41, 5.74) is 2.43. The summed E-state index contributed by atoms with van der Waals surface area (Å²) in [5.74, 6) is 0. The Morgan fingerprint density at radius 3 is 3.15 bits per heavy atom. The maximum atomic E-state index is 6.02. The number of aromatic nitrogens is 1. The molecule has 0 spiro atoms. The topological polar surface area (TPSA) is 25.4 Å². The Morgan fingerprint density at radius 2 is 2.35 bits per heavy atom. The molecule has 0 unspecified atom stereocenters. The molecule has 2 aromatic rings. The quantitative estimate of drug-likeness (QED) is 0.844. The minimum Gasteiger partial charge on any atom is -0.371 e. The maximum absolute atomic E-state index is 6.02. The summed E-state index contributed by atoms with van der Waals surface area (Å²) in [6.45, 7) is 3.88. The lowest BCUT2D eigenvalue weighted by atomic mass is 10.1. The molecule has 106 valence electrons. The molecule has 1 atom stereocenters. The van der Waals surface area contributed by atoms with Crippen molar-refractivity contribution in [1.29, 1.82) is 0 Å². The molecule has 3 heterocycles. The van der Waals surface area contributed by atoms with E-state index in [1.165, 1.54) is 18.5 Å². The molecule has 0 saturated carbocycles. The van der Waals surface area contributed by atoms with Gasteiger partial charge in [-0.15, -0.1) is 0 Å². The van der Waals surface area contributed by atoms with E-state index in [2.05, 4.69) is 26.7 Å². The average Bonchev–Trinajstić information content (AvgIpc) is 3.00. The van der Waals surface area contributed by atoms with E-state index in [0.717, 1.165) is 25.2 Å². The Kier molecular flexibility index (Phi) is 4.79. The molecule has 1 aliphatic heterocycles. The van der Waals surface area contributed by atoms with Crippen molar-refractivity contribution in [3.8, 4) is 0 Å². The third-order valence-electron chi connectivity index (χ3n) is 3.64. The second-order valence-corrected chi connectivity index (χ2v) is 6.04. The first-order valence-corrected chi connectivity index (χ1v) is 8.09. The summed E-state index contributed by atoms with van der Waals surface area (Å²) < 4.78 is 6.02. The third-order valence-corrected chi connectivity index (χ3v) is 4.37. The van der Waals surface area contributed by atoms with Crippen molar-refractivity contribution in [2.24, 2.45) is 0 Å². The van der Waals surface area contributed by atoms with Gasteiger partial charge in [0.2, 0.25) is 0 Å². The summed E-state index contributed by atoms with van der Waals surface area (Å²) in [5, 5.41) is 4.38. The average molecular weight is 288 g/mol. The van der Waals surface area contributed by atoms with Gasteiger partial charge in [-0.3, -0.25) is 9.88 Å². The molecule has 3 rings (SSSR count). The molecule has 1 saturated heterocycles. The number of thiophene rings is 1. The lowest BCUT2D eigenvalue weighted by Gasteiger charge is -2.32. The molecule has 4 heteroatoms. The SMILES string of the molecule is c1ccc(CO[C@@H]2CCCN(Cc3ccsc3)C2)nc1. The van der Waals surface area contributed by atoms with Crippen LogP contribution in [0.25, 0.3) is 0 Å². The number of pyridine rings is 1. The molecule has 0 amide bonds. The van der Waals surface area contributed by atoms with Crippen LogP contribution in [0.1, 0.15) is 24.1 Å². The highest BCUT2D eigenvalue weighted by Gasteiger charge is 2.20. The first-order chi connectivity index (χ1) is 9.90. The van der Waals surface area contributed by atoms with Gasteiger partial charge in [-0.2, -0.15) is 11.3 Å². The number of piperidine rings is 1. The first-order valence-electron chi connectivity index (χ1n) is 7.15. The van der Waals surface area contributed by atoms with Crippen molar-refractivity contribution < 1.29 is 4.74 Å². The van der Waals surface area contributed by atoms with E-state index in [-0.39, 0.29) is 0 Å². The highest BCUT2D eigenvalue weighted by molar-refractivity contribution is 7.07. The maximum Gasteiger partial charge on any atom is 0.0892 e. The molecule has 3 nitrogen and oxygen atoms in total. The van der Waals surface area contributed by atoms with Crippen LogP contribution in [0.3, 0.4) is 0 Å². The summed E-state index contributed by atoms with van der Waals surface area (Å²) in [4.78, 5) is 6.80. The van der Waals surface area contributed by atoms with Crippen molar-refractivity contribution >= 4 is 11.3 Å². The van der Waals surface area contributed by atoms with Crippen molar-refractivity contribution in [3.63, 3.8) is 0 Å². The van der Waals surface area contributed by atoms with E-state index in [0.29, 0.717) is 12.7 Å². The molecule has 0 radical (unpaired) electrons. The highest BCUT2D eigenvalue weighted by Crippen LogP contribution is 2.18. The summed E-state index contributed by atoms with van der Waals surface area (Å²) in [7, 11) is 0. The van der Waals surface area contributed by atoms with E-state index >= 15 is 0 Å². The molecule has 0 bridgehead atoms. The van der Waals surface area contributed by atoms with Crippen LogP contribution < -0.4 is 0 Å². The van der Waals surface area contributed by atoms with Crippen LogP contribution in [-0.2, 0) is 17.9 Å². The fraction of sp³-hybridized carbons (Fsp3) is 0.438. The predicted octanol–water partition coefficient (Wildman–Crippen LogP) is 3.32. The van der Waals surface area contributed by atoms with Crippen LogP contribution in [0.2, 0.25) is 0 Å². The molecule has 0 N–H and O–H groups in total. The van der Waals surface area contributed by atoms with Crippen LogP contribution >= 0.6 is 11.3 Å². The van der Waals surface area contributed by atoms with Crippen molar-refractivity contribution in [2.45, 2.75) is 32.1 Å². The van der Waals surface area contributed by atoms with Gasteiger partial charge >= 0.3 is 0 Å². The van der Waals surface area contributed by atoms with Crippen molar-refractivity contribution in [2.75, 3.05) is 13.1 Å². The molecular weight excluding hydrogens is 268 g/mol. The van der Waals surface area contributed by atoms with Crippen molar-refractivity contribution in [3.05, 3.63) is 52.5 Å². The van der Waals surface area contributed by atoms with Gasteiger partial charge in [0, 0.05) is 19.3 Å². The summed E-state index contributed by atoms with van der Waals surface area (Å²) >= 11 is 1.77. The Morgan fingerprint density at radius 1 is 1.35 bits per heavy atom. The zero-order valence-electron chi connectivity index (χ0n) is 11.6. The lowest BCUT2D eigenvalue weighted by molar-refractivity contribution is -0.0132. The van der Waals surface area contributed by atoms with Crippen LogP contribution in [-0.4, -0.2) is 29.1 Å². The van der Waals surface area contributed by atoms with Gasteiger partial charge in [0.05, 0.1) is 18.4 Å². The van der Waals surface area contributed by atoms with Crippen molar-refractivity contribution in [1.82, 2.24) is 9.88 Å². The van der Waals surface area contributed by atoms with Crippen LogP contribution in [0.5, 0.6) is 0 Å². The molecule has 2 aromatic heterocycles. The molecule has 0 aromatic carbocycles. The Hall–Kier alpha value is -1.23. The van der Waals surface area contributed by atoms with Gasteiger partial charge < -0.3 is 4.74 Å². The molecule has 20 heavy (non-hydrogen) atoms.